The molecule has 9 heteroatoms. The highest BCUT2D eigenvalue weighted by atomic mass is 35.5. The number of hydrogen-bond donors (Lipinski definition) is 3. The SMILES string of the molecule is Cl.O=C(CCNS(=O)(=O)c1ccc(F)cc1)NCCNC1CCCCCC1. The maximum atomic E-state index is 12.8. The van der Waals surface area contributed by atoms with Crippen LogP contribution in [-0.2, 0) is 14.8 Å². The van der Waals surface area contributed by atoms with E-state index in [4.69, 9.17) is 0 Å². The van der Waals surface area contributed by atoms with Crippen molar-refractivity contribution in [2.45, 2.75) is 55.9 Å². The molecular formula is C18H29ClFN3O3S. The number of benzene rings is 1. The molecular weight excluding hydrogens is 393 g/mol. The smallest absolute Gasteiger partial charge is 0.240 e. The molecule has 6 nitrogen and oxygen atoms in total. The lowest BCUT2D eigenvalue weighted by atomic mass is 10.1. The van der Waals surface area contributed by atoms with Crippen LogP contribution in [0, 0.1) is 5.82 Å². The fourth-order valence-corrected chi connectivity index (χ4v) is 4.08. The highest BCUT2D eigenvalue weighted by molar-refractivity contribution is 7.89. The van der Waals surface area contributed by atoms with E-state index >= 15 is 0 Å². The van der Waals surface area contributed by atoms with Crippen LogP contribution in [-0.4, -0.2) is 40.0 Å². The molecule has 0 aromatic heterocycles. The molecule has 1 fully saturated rings. The molecule has 2 rings (SSSR count). The van der Waals surface area contributed by atoms with Crippen LogP contribution in [0.3, 0.4) is 0 Å². The summed E-state index contributed by atoms with van der Waals surface area (Å²) in [7, 11) is -3.72. The molecule has 0 saturated heterocycles. The minimum absolute atomic E-state index is 0. The van der Waals surface area contributed by atoms with E-state index < -0.39 is 15.8 Å². The summed E-state index contributed by atoms with van der Waals surface area (Å²) in [6, 6.07) is 5.09. The number of rotatable bonds is 9. The van der Waals surface area contributed by atoms with Crippen molar-refractivity contribution in [3.8, 4) is 0 Å². The van der Waals surface area contributed by atoms with Crippen LogP contribution < -0.4 is 15.4 Å². The summed E-state index contributed by atoms with van der Waals surface area (Å²) in [6.07, 6.45) is 7.59. The molecule has 154 valence electrons. The second-order valence-corrected chi connectivity index (χ2v) is 8.36. The zero-order valence-corrected chi connectivity index (χ0v) is 17.0. The fraction of sp³-hybridized carbons (Fsp3) is 0.611. The zero-order valence-electron chi connectivity index (χ0n) is 15.4. The Hall–Kier alpha value is -1.22. The first-order valence-electron chi connectivity index (χ1n) is 9.23. The molecule has 0 unspecified atom stereocenters. The van der Waals surface area contributed by atoms with E-state index in [0.29, 0.717) is 12.6 Å². The van der Waals surface area contributed by atoms with E-state index in [9.17, 15) is 17.6 Å². The van der Waals surface area contributed by atoms with Crippen molar-refractivity contribution in [1.82, 2.24) is 15.4 Å². The second-order valence-electron chi connectivity index (χ2n) is 6.59. The van der Waals surface area contributed by atoms with E-state index in [1.54, 1.807) is 0 Å². The summed E-state index contributed by atoms with van der Waals surface area (Å²) in [5.74, 6) is -0.699. The number of nitrogens with one attached hydrogen (secondary N) is 3. The quantitative estimate of drug-likeness (QED) is 0.422. The monoisotopic (exact) mass is 421 g/mol. The van der Waals surface area contributed by atoms with Crippen LogP contribution in [0.5, 0.6) is 0 Å². The third-order valence-electron chi connectivity index (χ3n) is 4.50. The van der Waals surface area contributed by atoms with Crippen molar-refractivity contribution in [3.05, 3.63) is 30.1 Å². The van der Waals surface area contributed by atoms with Crippen molar-refractivity contribution < 1.29 is 17.6 Å². The van der Waals surface area contributed by atoms with E-state index in [1.807, 2.05) is 0 Å². The normalized spacial score (nSPS) is 15.6. The summed E-state index contributed by atoms with van der Waals surface area (Å²) in [4.78, 5) is 11.8. The van der Waals surface area contributed by atoms with Crippen LogP contribution in [0.4, 0.5) is 4.39 Å². The summed E-state index contributed by atoms with van der Waals surface area (Å²) in [5.41, 5.74) is 0. The Morgan fingerprint density at radius 3 is 2.26 bits per heavy atom. The minimum atomic E-state index is -3.72. The highest BCUT2D eigenvalue weighted by Crippen LogP contribution is 2.16. The molecule has 1 amide bonds. The van der Waals surface area contributed by atoms with E-state index in [0.717, 1.165) is 18.7 Å². The van der Waals surface area contributed by atoms with Gasteiger partial charge in [0.1, 0.15) is 5.82 Å². The topological polar surface area (TPSA) is 87.3 Å². The molecule has 1 aromatic carbocycles. The van der Waals surface area contributed by atoms with Gasteiger partial charge in [0, 0.05) is 32.1 Å². The Balaban J connectivity index is 0.00000364. The number of hydrogen-bond acceptors (Lipinski definition) is 4. The molecule has 0 atom stereocenters. The van der Waals surface area contributed by atoms with Crippen molar-refractivity contribution in [2.24, 2.45) is 0 Å². The van der Waals surface area contributed by atoms with Crippen molar-refractivity contribution >= 4 is 28.3 Å². The number of carbonyl (C=O) groups excluding carboxylic acids is 1. The van der Waals surface area contributed by atoms with Crippen molar-refractivity contribution in [2.75, 3.05) is 19.6 Å². The van der Waals surface area contributed by atoms with E-state index in [2.05, 4.69) is 15.4 Å². The molecule has 0 heterocycles. The van der Waals surface area contributed by atoms with Gasteiger partial charge < -0.3 is 10.6 Å². The Kier molecular flexibility index (Phi) is 10.8. The zero-order chi connectivity index (χ0) is 18.8. The van der Waals surface area contributed by atoms with Crippen LogP contribution in [0.15, 0.2) is 29.2 Å². The first-order valence-corrected chi connectivity index (χ1v) is 10.7. The van der Waals surface area contributed by atoms with Gasteiger partial charge in [-0.2, -0.15) is 0 Å². The third kappa shape index (κ3) is 9.01. The van der Waals surface area contributed by atoms with Gasteiger partial charge in [-0.1, -0.05) is 25.7 Å². The number of carbonyl (C=O) groups is 1. The lowest BCUT2D eigenvalue weighted by Gasteiger charge is -2.16. The number of amides is 1. The maximum absolute atomic E-state index is 12.8. The molecule has 1 aliphatic rings. The van der Waals surface area contributed by atoms with Gasteiger partial charge in [0.25, 0.3) is 0 Å². The Labute approximate surface area is 167 Å². The van der Waals surface area contributed by atoms with E-state index in [-0.39, 0.29) is 36.2 Å². The molecule has 0 radical (unpaired) electrons. The Morgan fingerprint density at radius 1 is 1.00 bits per heavy atom. The molecule has 1 aliphatic carbocycles. The first kappa shape index (κ1) is 23.8. The van der Waals surface area contributed by atoms with Crippen LogP contribution >= 0.6 is 12.4 Å². The predicted molar refractivity (Wildman–Crippen MR) is 106 cm³/mol. The lowest BCUT2D eigenvalue weighted by Crippen LogP contribution is -2.38. The van der Waals surface area contributed by atoms with Crippen LogP contribution in [0.1, 0.15) is 44.9 Å². The van der Waals surface area contributed by atoms with Gasteiger partial charge >= 0.3 is 0 Å². The maximum Gasteiger partial charge on any atom is 0.240 e. The van der Waals surface area contributed by atoms with Gasteiger partial charge in [0.15, 0.2) is 0 Å². The van der Waals surface area contributed by atoms with Gasteiger partial charge in [-0.3, -0.25) is 4.79 Å². The lowest BCUT2D eigenvalue weighted by molar-refractivity contribution is -0.120. The minimum Gasteiger partial charge on any atom is -0.355 e. The average Bonchev–Trinajstić information content (AvgIpc) is 2.88. The Bertz CT molecular complexity index is 663. The summed E-state index contributed by atoms with van der Waals surface area (Å²) < 4.78 is 39.2. The largest absolute Gasteiger partial charge is 0.355 e. The third-order valence-corrected chi connectivity index (χ3v) is 5.98. The van der Waals surface area contributed by atoms with Gasteiger partial charge in [-0.15, -0.1) is 12.4 Å². The predicted octanol–water partition coefficient (Wildman–Crippen LogP) is 2.34. The highest BCUT2D eigenvalue weighted by Gasteiger charge is 2.14. The Morgan fingerprint density at radius 2 is 1.63 bits per heavy atom. The molecule has 0 spiro atoms. The first-order chi connectivity index (χ1) is 12.5. The summed E-state index contributed by atoms with van der Waals surface area (Å²) in [5, 5.41) is 6.25. The van der Waals surface area contributed by atoms with Crippen LogP contribution in [0.25, 0.3) is 0 Å². The van der Waals surface area contributed by atoms with Gasteiger partial charge in [-0.25, -0.2) is 17.5 Å². The number of halogens is 2. The van der Waals surface area contributed by atoms with Crippen LogP contribution in [0.2, 0.25) is 0 Å². The average molecular weight is 422 g/mol. The van der Waals surface area contributed by atoms with Crippen molar-refractivity contribution in [3.63, 3.8) is 0 Å². The fourth-order valence-electron chi connectivity index (χ4n) is 3.05. The van der Waals surface area contributed by atoms with Crippen molar-refractivity contribution in [1.29, 1.82) is 0 Å². The molecule has 1 saturated carbocycles. The molecule has 27 heavy (non-hydrogen) atoms. The standard InChI is InChI=1S/C18H28FN3O3S.ClH/c19-15-7-9-17(10-8-15)26(24,25)22-12-11-18(23)21-14-13-20-16-5-3-1-2-4-6-16;/h7-10,16,20,22H,1-6,11-14H2,(H,21,23);1H. The number of sulfonamides is 1. The van der Waals surface area contributed by atoms with Gasteiger partial charge in [-0.05, 0) is 37.1 Å². The molecule has 0 bridgehead atoms. The second kappa shape index (κ2) is 12.3. The molecule has 0 aliphatic heterocycles. The summed E-state index contributed by atoms with van der Waals surface area (Å²) in [6.45, 7) is 1.25. The van der Waals surface area contributed by atoms with E-state index in [1.165, 1.54) is 50.7 Å². The van der Waals surface area contributed by atoms with Gasteiger partial charge in [0.05, 0.1) is 4.90 Å². The summed E-state index contributed by atoms with van der Waals surface area (Å²) >= 11 is 0. The van der Waals surface area contributed by atoms with Gasteiger partial charge in [0.2, 0.25) is 15.9 Å². The molecule has 1 aromatic rings. The molecule has 3 N–H and O–H groups in total.